The highest BCUT2D eigenvalue weighted by Crippen LogP contribution is 2.37. The number of furan rings is 1. The Morgan fingerprint density at radius 3 is 2.52 bits per heavy atom. The van der Waals surface area contributed by atoms with Crippen molar-refractivity contribution in [2.24, 2.45) is 0 Å². The van der Waals surface area contributed by atoms with E-state index in [0.29, 0.717) is 5.02 Å². The van der Waals surface area contributed by atoms with Gasteiger partial charge in [-0.3, -0.25) is 0 Å². The molecule has 0 aliphatic carbocycles. The fraction of sp³-hybridized carbons (Fsp3) is 0. The number of fused-ring (bicyclic) bond motifs is 3. The number of hydrogen-bond donors (Lipinski definition) is 0. The Labute approximate surface area is 135 Å². The van der Waals surface area contributed by atoms with Gasteiger partial charge < -0.3 is 4.42 Å². The van der Waals surface area contributed by atoms with E-state index in [1.54, 1.807) is 0 Å². The van der Waals surface area contributed by atoms with Gasteiger partial charge in [-0.2, -0.15) is 0 Å². The second kappa shape index (κ2) is 4.90. The van der Waals surface area contributed by atoms with E-state index in [0.717, 1.165) is 37.5 Å². The first-order chi connectivity index (χ1) is 10.2. The van der Waals surface area contributed by atoms with E-state index in [1.807, 2.05) is 36.4 Å². The lowest BCUT2D eigenvalue weighted by Gasteiger charge is -2.06. The number of para-hydroxylation sites is 1. The third-order valence-corrected chi connectivity index (χ3v) is 5.04. The SMILES string of the molecule is Clc1cccc(-c2ccc3oc4ccccc4c3c2)c1Br. The molecule has 0 aliphatic heterocycles. The zero-order chi connectivity index (χ0) is 14.4. The van der Waals surface area contributed by atoms with Gasteiger partial charge in [-0.1, -0.05) is 48.0 Å². The predicted molar refractivity (Wildman–Crippen MR) is 91.9 cm³/mol. The fourth-order valence-corrected chi connectivity index (χ4v) is 3.29. The first-order valence-electron chi connectivity index (χ1n) is 6.60. The molecule has 1 nitrogen and oxygen atoms in total. The molecule has 3 aromatic carbocycles. The van der Waals surface area contributed by atoms with Gasteiger partial charge in [-0.15, -0.1) is 0 Å². The van der Waals surface area contributed by atoms with Crippen LogP contribution in [0.1, 0.15) is 0 Å². The van der Waals surface area contributed by atoms with Crippen molar-refractivity contribution in [1.82, 2.24) is 0 Å². The van der Waals surface area contributed by atoms with Gasteiger partial charge in [0.05, 0.1) is 5.02 Å². The van der Waals surface area contributed by atoms with E-state index in [9.17, 15) is 0 Å². The van der Waals surface area contributed by atoms with Crippen LogP contribution in [0.15, 0.2) is 69.6 Å². The molecule has 0 saturated heterocycles. The second-order valence-electron chi connectivity index (χ2n) is 4.91. The summed E-state index contributed by atoms with van der Waals surface area (Å²) >= 11 is 9.76. The van der Waals surface area contributed by atoms with E-state index in [-0.39, 0.29) is 0 Å². The summed E-state index contributed by atoms with van der Waals surface area (Å²) in [5.74, 6) is 0. The smallest absolute Gasteiger partial charge is 0.135 e. The molecule has 102 valence electrons. The monoisotopic (exact) mass is 356 g/mol. The molecule has 0 aliphatic rings. The molecule has 0 atom stereocenters. The normalized spacial score (nSPS) is 11.3. The molecule has 0 N–H and O–H groups in total. The zero-order valence-corrected chi connectivity index (χ0v) is 13.3. The average Bonchev–Trinajstić information content (AvgIpc) is 2.88. The van der Waals surface area contributed by atoms with Crippen molar-refractivity contribution in [2.45, 2.75) is 0 Å². The summed E-state index contributed by atoms with van der Waals surface area (Å²) in [6, 6.07) is 20.2. The molecule has 1 heterocycles. The molecule has 0 radical (unpaired) electrons. The Bertz CT molecular complexity index is 971. The zero-order valence-electron chi connectivity index (χ0n) is 10.9. The Balaban J connectivity index is 2.02. The molecule has 4 aromatic rings. The third-order valence-electron chi connectivity index (χ3n) is 3.64. The maximum Gasteiger partial charge on any atom is 0.135 e. The minimum absolute atomic E-state index is 0.713. The van der Waals surface area contributed by atoms with Gasteiger partial charge in [-0.05, 0) is 51.3 Å². The van der Waals surface area contributed by atoms with Crippen LogP contribution < -0.4 is 0 Å². The molecular formula is C18H10BrClO. The highest BCUT2D eigenvalue weighted by atomic mass is 79.9. The summed E-state index contributed by atoms with van der Waals surface area (Å²) in [6.07, 6.45) is 0. The molecule has 4 rings (SSSR count). The topological polar surface area (TPSA) is 13.1 Å². The van der Waals surface area contributed by atoms with Crippen LogP contribution in [0.3, 0.4) is 0 Å². The van der Waals surface area contributed by atoms with Gasteiger partial charge in [0.2, 0.25) is 0 Å². The molecule has 0 spiro atoms. The van der Waals surface area contributed by atoms with Crippen molar-refractivity contribution in [3.63, 3.8) is 0 Å². The largest absolute Gasteiger partial charge is 0.456 e. The summed E-state index contributed by atoms with van der Waals surface area (Å²) in [4.78, 5) is 0. The molecule has 3 heteroatoms. The summed E-state index contributed by atoms with van der Waals surface area (Å²) in [7, 11) is 0. The van der Waals surface area contributed by atoms with Gasteiger partial charge in [0.1, 0.15) is 11.2 Å². The summed E-state index contributed by atoms with van der Waals surface area (Å²) in [5, 5.41) is 2.96. The van der Waals surface area contributed by atoms with E-state index < -0.39 is 0 Å². The van der Waals surface area contributed by atoms with E-state index in [2.05, 4.69) is 40.2 Å². The average molecular weight is 358 g/mol. The Kier molecular flexibility index (Phi) is 3.02. The Morgan fingerprint density at radius 1 is 0.810 bits per heavy atom. The van der Waals surface area contributed by atoms with Crippen LogP contribution in [-0.2, 0) is 0 Å². The first-order valence-corrected chi connectivity index (χ1v) is 7.77. The van der Waals surface area contributed by atoms with Crippen molar-refractivity contribution in [3.8, 4) is 11.1 Å². The lowest BCUT2D eigenvalue weighted by Crippen LogP contribution is -1.80. The van der Waals surface area contributed by atoms with Crippen LogP contribution in [-0.4, -0.2) is 0 Å². The van der Waals surface area contributed by atoms with Crippen molar-refractivity contribution in [3.05, 3.63) is 70.2 Å². The summed E-state index contributed by atoms with van der Waals surface area (Å²) in [6.45, 7) is 0. The van der Waals surface area contributed by atoms with E-state index >= 15 is 0 Å². The second-order valence-corrected chi connectivity index (χ2v) is 6.11. The number of halogens is 2. The van der Waals surface area contributed by atoms with Gasteiger partial charge in [0.25, 0.3) is 0 Å². The highest BCUT2D eigenvalue weighted by Gasteiger charge is 2.10. The Morgan fingerprint density at radius 2 is 1.62 bits per heavy atom. The summed E-state index contributed by atoms with van der Waals surface area (Å²) in [5.41, 5.74) is 4.01. The van der Waals surface area contributed by atoms with Gasteiger partial charge in [0, 0.05) is 15.2 Å². The number of benzene rings is 3. The highest BCUT2D eigenvalue weighted by molar-refractivity contribution is 9.10. The van der Waals surface area contributed by atoms with Crippen LogP contribution >= 0.6 is 27.5 Å². The molecule has 0 fully saturated rings. The molecular weight excluding hydrogens is 348 g/mol. The van der Waals surface area contributed by atoms with Crippen molar-refractivity contribution in [1.29, 1.82) is 0 Å². The van der Waals surface area contributed by atoms with Gasteiger partial charge in [-0.25, -0.2) is 0 Å². The standard InChI is InChI=1S/C18H10BrClO/c19-18-12(5-3-6-15(18)20)11-8-9-17-14(10-11)13-4-1-2-7-16(13)21-17/h1-10H. The lowest BCUT2D eigenvalue weighted by atomic mass is 10.0. The maximum absolute atomic E-state index is 6.19. The predicted octanol–water partition coefficient (Wildman–Crippen LogP) is 6.67. The fourth-order valence-electron chi connectivity index (χ4n) is 2.62. The van der Waals surface area contributed by atoms with E-state index in [1.165, 1.54) is 0 Å². The quantitative estimate of drug-likeness (QED) is 0.371. The van der Waals surface area contributed by atoms with Gasteiger partial charge >= 0.3 is 0 Å². The molecule has 21 heavy (non-hydrogen) atoms. The molecule has 1 aromatic heterocycles. The molecule has 0 saturated carbocycles. The minimum Gasteiger partial charge on any atom is -0.456 e. The third kappa shape index (κ3) is 2.06. The van der Waals surface area contributed by atoms with Crippen molar-refractivity contribution >= 4 is 49.5 Å². The Hall–Kier alpha value is -1.77. The molecule has 0 bridgehead atoms. The lowest BCUT2D eigenvalue weighted by molar-refractivity contribution is 0.669. The van der Waals surface area contributed by atoms with Crippen LogP contribution in [0.4, 0.5) is 0 Å². The molecule has 0 amide bonds. The van der Waals surface area contributed by atoms with Gasteiger partial charge in [0.15, 0.2) is 0 Å². The van der Waals surface area contributed by atoms with Crippen LogP contribution in [0.25, 0.3) is 33.1 Å². The van der Waals surface area contributed by atoms with Crippen LogP contribution in [0.5, 0.6) is 0 Å². The first kappa shape index (κ1) is 12.9. The maximum atomic E-state index is 6.19. The van der Waals surface area contributed by atoms with Crippen molar-refractivity contribution < 1.29 is 4.42 Å². The number of rotatable bonds is 1. The van der Waals surface area contributed by atoms with Crippen molar-refractivity contribution in [2.75, 3.05) is 0 Å². The molecule has 0 unspecified atom stereocenters. The van der Waals surface area contributed by atoms with Crippen LogP contribution in [0, 0.1) is 0 Å². The summed E-state index contributed by atoms with van der Waals surface area (Å²) < 4.78 is 6.78. The van der Waals surface area contributed by atoms with E-state index in [4.69, 9.17) is 16.0 Å². The minimum atomic E-state index is 0.713. The van der Waals surface area contributed by atoms with Crippen LogP contribution in [0.2, 0.25) is 5.02 Å². The number of hydrogen-bond acceptors (Lipinski definition) is 1.